The van der Waals surface area contributed by atoms with Crippen molar-refractivity contribution in [2.45, 2.75) is 20.4 Å². The Morgan fingerprint density at radius 1 is 1.20 bits per heavy atom. The van der Waals surface area contributed by atoms with E-state index in [1.165, 1.54) is 11.1 Å². The summed E-state index contributed by atoms with van der Waals surface area (Å²) in [4.78, 5) is 30.2. The number of piperazine rings is 1. The lowest BCUT2D eigenvalue weighted by Crippen LogP contribution is -2.53. The van der Waals surface area contributed by atoms with Crippen LogP contribution in [0.3, 0.4) is 0 Å². The molecule has 0 radical (unpaired) electrons. The third kappa shape index (κ3) is 5.83. The molecule has 0 bridgehead atoms. The zero-order valence-electron chi connectivity index (χ0n) is 15.7. The van der Waals surface area contributed by atoms with E-state index >= 15 is 0 Å². The van der Waals surface area contributed by atoms with Crippen molar-refractivity contribution < 1.29 is 14.3 Å². The van der Waals surface area contributed by atoms with Gasteiger partial charge in [0, 0.05) is 33.3 Å². The molecule has 1 aromatic rings. The normalized spacial score (nSPS) is 15.2. The predicted octanol–water partition coefficient (Wildman–Crippen LogP) is 1.05. The van der Waals surface area contributed by atoms with Gasteiger partial charge in [0.25, 0.3) is 0 Å². The molecule has 0 atom stereocenters. The lowest BCUT2D eigenvalue weighted by molar-refractivity contribution is -0.146. The van der Waals surface area contributed by atoms with Crippen molar-refractivity contribution in [3.05, 3.63) is 34.9 Å². The van der Waals surface area contributed by atoms with Crippen LogP contribution in [0.15, 0.2) is 18.2 Å². The molecular weight excluding hydrogens is 318 g/mol. The minimum Gasteiger partial charge on any atom is -0.383 e. The standard InChI is InChI=1S/C19H29N3O3/c1-15-9-16(2)11-17(10-15)12-21-5-6-22(14-19(21)24)18(23)13-20(3)7-8-25-4/h9-11H,5-8,12-14H2,1-4H3. The molecule has 25 heavy (non-hydrogen) atoms. The van der Waals surface area contributed by atoms with Gasteiger partial charge in [0.2, 0.25) is 11.8 Å². The fourth-order valence-corrected chi connectivity index (χ4v) is 3.13. The van der Waals surface area contributed by atoms with Gasteiger partial charge in [-0.2, -0.15) is 0 Å². The van der Waals surface area contributed by atoms with E-state index in [0.29, 0.717) is 39.3 Å². The van der Waals surface area contributed by atoms with Gasteiger partial charge in [-0.25, -0.2) is 0 Å². The SMILES string of the molecule is COCCN(C)CC(=O)N1CCN(Cc2cc(C)cc(C)c2)C(=O)C1. The molecule has 1 aliphatic heterocycles. The Hall–Kier alpha value is -1.92. The number of nitrogens with zero attached hydrogens (tertiary/aromatic N) is 3. The van der Waals surface area contributed by atoms with E-state index in [2.05, 4.69) is 32.0 Å². The lowest BCUT2D eigenvalue weighted by Gasteiger charge is -2.35. The van der Waals surface area contributed by atoms with Crippen LogP contribution in [-0.2, 0) is 20.9 Å². The van der Waals surface area contributed by atoms with Crippen LogP contribution in [0.5, 0.6) is 0 Å². The third-order valence-corrected chi connectivity index (χ3v) is 4.41. The molecule has 2 rings (SSSR count). The van der Waals surface area contributed by atoms with Crippen molar-refractivity contribution >= 4 is 11.8 Å². The van der Waals surface area contributed by atoms with Crippen LogP contribution in [0.1, 0.15) is 16.7 Å². The van der Waals surface area contributed by atoms with Crippen molar-refractivity contribution in [3.8, 4) is 0 Å². The summed E-state index contributed by atoms with van der Waals surface area (Å²) in [6.07, 6.45) is 0. The largest absolute Gasteiger partial charge is 0.383 e. The highest BCUT2D eigenvalue weighted by atomic mass is 16.5. The van der Waals surface area contributed by atoms with Gasteiger partial charge in [-0.1, -0.05) is 29.3 Å². The topological polar surface area (TPSA) is 53.1 Å². The Labute approximate surface area is 150 Å². The van der Waals surface area contributed by atoms with Crippen LogP contribution in [0.2, 0.25) is 0 Å². The Morgan fingerprint density at radius 2 is 1.88 bits per heavy atom. The summed E-state index contributed by atoms with van der Waals surface area (Å²) in [6.45, 7) is 7.68. The maximum atomic E-state index is 12.4. The summed E-state index contributed by atoms with van der Waals surface area (Å²) < 4.78 is 5.02. The van der Waals surface area contributed by atoms with Gasteiger partial charge < -0.3 is 14.5 Å². The molecule has 1 aliphatic rings. The molecule has 1 aromatic carbocycles. The minimum absolute atomic E-state index is 0.00185. The van der Waals surface area contributed by atoms with Crippen LogP contribution in [0.25, 0.3) is 0 Å². The van der Waals surface area contributed by atoms with Crippen molar-refractivity contribution in [2.75, 3.05) is 53.5 Å². The van der Waals surface area contributed by atoms with Crippen LogP contribution in [0.4, 0.5) is 0 Å². The third-order valence-electron chi connectivity index (χ3n) is 4.41. The highest BCUT2D eigenvalue weighted by Gasteiger charge is 2.27. The molecule has 0 spiro atoms. The lowest BCUT2D eigenvalue weighted by atomic mass is 10.1. The Balaban J connectivity index is 1.87. The molecule has 0 aromatic heterocycles. The predicted molar refractivity (Wildman–Crippen MR) is 97.3 cm³/mol. The number of carbonyl (C=O) groups excluding carboxylic acids is 2. The number of likely N-dealkylation sites (N-methyl/N-ethyl adjacent to an activating group) is 1. The molecule has 6 nitrogen and oxygen atoms in total. The first-order valence-corrected chi connectivity index (χ1v) is 8.69. The van der Waals surface area contributed by atoms with E-state index in [1.807, 2.05) is 16.8 Å². The second-order valence-corrected chi connectivity index (χ2v) is 6.86. The van der Waals surface area contributed by atoms with Crippen LogP contribution in [-0.4, -0.2) is 80.0 Å². The maximum absolute atomic E-state index is 12.4. The molecule has 0 N–H and O–H groups in total. The molecule has 0 unspecified atom stereocenters. The fourth-order valence-electron chi connectivity index (χ4n) is 3.13. The quantitative estimate of drug-likeness (QED) is 0.740. The Morgan fingerprint density at radius 3 is 2.48 bits per heavy atom. The first kappa shape index (κ1) is 19.4. The van der Waals surface area contributed by atoms with Gasteiger partial charge in [-0.3, -0.25) is 14.5 Å². The van der Waals surface area contributed by atoms with Gasteiger partial charge in [0.05, 0.1) is 19.7 Å². The molecule has 1 heterocycles. The molecule has 1 saturated heterocycles. The number of hydrogen-bond donors (Lipinski definition) is 0. The minimum atomic E-state index is -0.00185. The summed E-state index contributed by atoms with van der Waals surface area (Å²) in [5.41, 5.74) is 3.55. The number of aryl methyl sites for hydroxylation is 2. The molecular formula is C19H29N3O3. The van der Waals surface area contributed by atoms with Crippen molar-refractivity contribution in [1.29, 1.82) is 0 Å². The van der Waals surface area contributed by atoms with Gasteiger partial charge in [0.15, 0.2) is 0 Å². The molecule has 6 heteroatoms. The summed E-state index contributed by atoms with van der Waals surface area (Å²) in [7, 11) is 3.53. The number of amides is 2. The van der Waals surface area contributed by atoms with Crippen molar-refractivity contribution in [1.82, 2.24) is 14.7 Å². The van der Waals surface area contributed by atoms with E-state index < -0.39 is 0 Å². The summed E-state index contributed by atoms with van der Waals surface area (Å²) >= 11 is 0. The molecule has 0 saturated carbocycles. The average molecular weight is 347 g/mol. The molecule has 2 amide bonds. The zero-order chi connectivity index (χ0) is 18.4. The van der Waals surface area contributed by atoms with E-state index in [1.54, 1.807) is 12.0 Å². The number of hydrogen-bond acceptors (Lipinski definition) is 4. The second kappa shape index (κ2) is 8.97. The summed E-state index contributed by atoms with van der Waals surface area (Å²) in [6, 6.07) is 6.35. The van der Waals surface area contributed by atoms with Crippen molar-refractivity contribution in [2.24, 2.45) is 0 Å². The van der Waals surface area contributed by atoms with Gasteiger partial charge in [0.1, 0.15) is 0 Å². The highest BCUT2D eigenvalue weighted by molar-refractivity contribution is 5.86. The maximum Gasteiger partial charge on any atom is 0.242 e. The molecule has 138 valence electrons. The molecule has 1 fully saturated rings. The fraction of sp³-hybridized carbons (Fsp3) is 0.579. The van der Waals surface area contributed by atoms with E-state index in [9.17, 15) is 9.59 Å². The van der Waals surface area contributed by atoms with Crippen LogP contribution in [0, 0.1) is 13.8 Å². The van der Waals surface area contributed by atoms with Gasteiger partial charge in [-0.05, 0) is 26.5 Å². The number of methoxy groups -OCH3 is 1. The first-order chi connectivity index (χ1) is 11.9. The molecule has 0 aliphatic carbocycles. The first-order valence-electron chi connectivity index (χ1n) is 8.69. The van der Waals surface area contributed by atoms with Gasteiger partial charge >= 0.3 is 0 Å². The number of carbonyl (C=O) groups is 2. The number of benzene rings is 1. The monoisotopic (exact) mass is 347 g/mol. The zero-order valence-corrected chi connectivity index (χ0v) is 15.7. The Bertz CT molecular complexity index is 598. The summed E-state index contributed by atoms with van der Waals surface area (Å²) in [5, 5.41) is 0. The van der Waals surface area contributed by atoms with E-state index in [4.69, 9.17) is 4.74 Å². The van der Waals surface area contributed by atoms with E-state index in [0.717, 1.165) is 5.56 Å². The van der Waals surface area contributed by atoms with Crippen LogP contribution < -0.4 is 0 Å². The smallest absolute Gasteiger partial charge is 0.242 e. The highest BCUT2D eigenvalue weighted by Crippen LogP contribution is 2.14. The number of ether oxygens (including phenoxy) is 1. The average Bonchev–Trinajstić information content (AvgIpc) is 2.53. The van der Waals surface area contributed by atoms with E-state index in [-0.39, 0.29) is 18.4 Å². The second-order valence-electron chi connectivity index (χ2n) is 6.86. The van der Waals surface area contributed by atoms with Crippen molar-refractivity contribution in [3.63, 3.8) is 0 Å². The Kier molecular flexibility index (Phi) is 6.96. The summed E-state index contributed by atoms with van der Waals surface area (Å²) in [5.74, 6) is 0.0105. The number of rotatable bonds is 7. The van der Waals surface area contributed by atoms with Gasteiger partial charge in [-0.15, -0.1) is 0 Å². The van der Waals surface area contributed by atoms with Crippen LogP contribution >= 0.6 is 0 Å².